The van der Waals surface area contributed by atoms with Gasteiger partial charge in [0.15, 0.2) is 34.6 Å². The number of hydrogen-bond donors (Lipinski definition) is 1. The van der Waals surface area contributed by atoms with Crippen LogP contribution in [0, 0.1) is 10.8 Å². The molecule has 0 spiro atoms. The number of nitrogens with one attached hydrogen (secondary N) is 1. The molecular formula is C39H42ClNO6. The number of dihydropyridines is 1. The second-order valence-electron chi connectivity index (χ2n) is 14.3. The average Bonchev–Trinajstić information content (AvgIpc) is 3.01. The smallest absolute Gasteiger partial charge is 0.180 e. The lowest BCUT2D eigenvalue weighted by molar-refractivity contribution is -0.119. The number of hydrogen-bond acceptors (Lipinski definition) is 7. The first-order chi connectivity index (χ1) is 22.4. The fourth-order valence-corrected chi connectivity index (χ4v) is 7.35. The lowest BCUT2D eigenvalue weighted by Crippen LogP contribution is -2.42. The van der Waals surface area contributed by atoms with Gasteiger partial charge in [0.1, 0.15) is 13.2 Å². The quantitative estimate of drug-likeness (QED) is 0.248. The van der Waals surface area contributed by atoms with E-state index in [9.17, 15) is 9.59 Å². The van der Waals surface area contributed by atoms with Crippen LogP contribution in [0.2, 0.25) is 5.02 Å². The largest absolute Gasteiger partial charge is 0.493 e. The van der Waals surface area contributed by atoms with Crippen LogP contribution in [0.1, 0.15) is 76.0 Å². The summed E-state index contributed by atoms with van der Waals surface area (Å²) in [7, 11) is 3.16. The molecule has 8 heteroatoms. The molecule has 0 aromatic heterocycles. The normalized spacial score (nSPS) is 18.7. The molecule has 3 aromatic rings. The van der Waals surface area contributed by atoms with Gasteiger partial charge in [0.2, 0.25) is 0 Å². The Morgan fingerprint density at radius 1 is 0.702 bits per heavy atom. The number of ketones is 2. The van der Waals surface area contributed by atoms with Crippen molar-refractivity contribution in [2.45, 2.75) is 72.5 Å². The summed E-state index contributed by atoms with van der Waals surface area (Å²) < 4.78 is 23.7. The summed E-state index contributed by atoms with van der Waals surface area (Å²) in [6.45, 7) is 9.06. The Kier molecular flexibility index (Phi) is 8.88. The van der Waals surface area contributed by atoms with Crippen LogP contribution < -0.4 is 24.3 Å². The SMILES string of the molecule is COc1cc(COc2c(Cl)cc(C3C4=C(CC(C)(C)CC4=O)NC4=C3C(=O)CC(C)(C)C4)cc2OC)ccc1OCc1ccccc1. The number of ether oxygens (including phenoxy) is 4. The zero-order valence-corrected chi connectivity index (χ0v) is 28.7. The first kappa shape index (κ1) is 32.7. The maximum atomic E-state index is 13.8. The van der Waals surface area contributed by atoms with Gasteiger partial charge in [-0.05, 0) is 64.6 Å². The summed E-state index contributed by atoms with van der Waals surface area (Å²) in [5, 5.41) is 3.90. The van der Waals surface area contributed by atoms with E-state index in [-0.39, 0.29) is 29.0 Å². The number of allylic oxidation sites excluding steroid dienone is 4. The molecule has 0 fully saturated rings. The minimum absolute atomic E-state index is 0.0542. The van der Waals surface area contributed by atoms with Gasteiger partial charge in [0.25, 0.3) is 0 Å². The van der Waals surface area contributed by atoms with E-state index in [0.29, 0.717) is 58.6 Å². The third-order valence-corrected chi connectivity index (χ3v) is 9.43. The number of Topliss-reactive ketones (excluding diaryl/α,β-unsaturated/α-hetero) is 2. The van der Waals surface area contributed by atoms with E-state index >= 15 is 0 Å². The molecule has 0 saturated heterocycles. The molecular weight excluding hydrogens is 614 g/mol. The first-order valence-corrected chi connectivity index (χ1v) is 16.4. The van der Waals surface area contributed by atoms with Crippen molar-refractivity contribution >= 4 is 23.2 Å². The molecule has 6 rings (SSSR count). The Bertz CT molecular complexity index is 1740. The van der Waals surface area contributed by atoms with Gasteiger partial charge in [-0.3, -0.25) is 9.59 Å². The Hall–Kier alpha value is -4.23. The number of carbonyl (C=O) groups excluding carboxylic acids is 2. The molecule has 1 N–H and O–H groups in total. The molecule has 0 unspecified atom stereocenters. The maximum Gasteiger partial charge on any atom is 0.180 e. The molecule has 0 amide bonds. The highest BCUT2D eigenvalue weighted by Gasteiger charge is 2.46. The van der Waals surface area contributed by atoms with Crippen molar-refractivity contribution in [1.29, 1.82) is 0 Å². The summed E-state index contributed by atoms with van der Waals surface area (Å²) in [5.41, 5.74) is 5.41. The van der Waals surface area contributed by atoms with Gasteiger partial charge in [0.05, 0.1) is 19.2 Å². The molecule has 0 radical (unpaired) electrons. The van der Waals surface area contributed by atoms with Crippen LogP contribution in [-0.2, 0) is 22.8 Å². The third-order valence-electron chi connectivity index (χ3n) is 9.15. The number of benzene rings is 3. The Labute approximate surface area is 281 Å². The van der Waals surface area contributed by atoms with Crippen molar-refractivity contribution in [3.8, 4) is 23.0 Å². The second-order valence-corrected chi connectivity index (χ2v) is 14.7. The van der Waals surface area contributed by atoms with E-state index in [0.717, 1.165) is 40.9 Å². The highest BCUT2D eigenvalue weighted by atomic mass is 35.5. The molecule has 3 aromatic carbocycles. The lowest BCUT2D eigenvalue weighted by Gasteiger charge is -2.44. The van der Waals surface area contributed by atoms with Gasteiger partial charge in [-0.2, -0.15) is 0 Å². The predicted octanol–water partition coefficient (Wildman–Crippen LogP) is 8.49. The van der Waals surface area contributed by atoms with E-state index in [1.54, 1.807) is 14.2 Å². The van der Waals surface area contributed by atoms with Gasteiger partial charge >= 0.3 is 0 Å². The zero-order chi connectivity index (χ0) is 33.5. The first-order valence-electron chi connectivity index (χ1n) is 16.0. The topological polar surface area (TPSA) is 83.1 Å². The van der Waals surface area contributed by atoms with E-state index < -0.39 is 5.92 Å². The molecule has 3 aliphatic rings. The predicted molar refractivity (Wildman–Crippen MR) is 182 cm³/mol. The van der Waals surface area contributed by atoms with Gasteiger partial charge in [0, 0.05) is 41.3 Å². The van der Waals surface area contributed by atoms with Crippen LogP contribution in [0.3, 0.4) is 0 Å². The fraction of sp³-hybridized carbons (Fsp3) is 0.385. The van der Waals surface area contributed by atoms with Gasteiger partial charge in [-0.15, -0.1) is 0 Å². The second kappa shape index (κ2) is 12.8. The van der Waals surface area contributed by atoms with Gasteiger partial charge < -0.3 is 24.3 Å². The third kappa shape index (κ3) is 6.77. The Balaban J connectivity index is 1.29. The highest BCUT2D eigenvalue weighted by Crippen LogP contribution is 2.52. The van der Waals surface area contributed by atoms with E-state index in [1.807, 2.05) is 60.7 Å². The molecule has 7 nitrogen and oxygen atoms in total. The van der Waals surface area contributed by atoms with Crippen LogP contribution in [0.25, 0.3) is 0 Å². The molecule has 2 aliphatic carbocycles. The van der Waals surface area contributed by atoms with Crippen LogP contribution in [-0.4, -0.2) is 25.8 Å². The average molecular weight is 656 g/mol. The van der Waals surface area contributed by atoms with Crippen molar-refractivity contribution in [2.24, 2.45) is 10.8 Å². The fourth-order valence-electron chi connectivity index (χ4n) is 7.08. The molecule has 0 saturated carbocycles. The highest BCUT2D eigenvalue weighted by molar-refractivity contribution is 6.32. The van der Waals surface area contributed by atoms with Crippen molar-refractivity contribution in [3.05, 3.63) is 105 Å². The van der Waals surface area contributed by atoms with Crippen molar-refractivity contribution in [3.63, 3.8) is 0 Å². The van der Waals surface area contributed by atoms with Gasteiger partial charge in [-0.25, -0.2) is 0 Å². The lowest BCUT2D eigenvalue weighted by atomic mass is 9.64. The summed E-state index contributed by atoms with van der Waals surface area (Å²) in [4.78, 5) is 27.5. The molecule has 1 heterocycles. The van der Waals surface area contributed by atoms with Crippen molar-refractivity contribution in [2.75, 3.05) is 14.2 Å². The molecule has 0 atom stereocenters. The van der Waals surface area contributed by atoms with E-state index in [4.69, 9.17) is 30.5 Å². The minimum atomic E-state index is -0.526. The van der Waals surface area contributed by atoms with Crippen molar-refractivity contribution in [1.82, 2.24) is 5.32 Å². The molecule has 47 heavy (non-hydrogen) atoms. The van der Waals surface area contributed by atoms with E-state index in [1.165, 1.54) is 0 Å². The monoisotopic (exact) mass is 655 g/mol. The van der Waals surface area contributed by atoms with Crippen LogP contribution in [0.4, 0.5) is 0 Å². The molecule has 1 aliphatic heterocycles. The minimum Gasteiger partial charge on any atom is -0.493 e. The summed E-state index contributed by atoms with van der Waals surface area (Å²) in [6, 6.07) is 19.3. The number of methoxy groups -OCH3 is 2. The van der Waals surface area contributed by atoms with Crippen LogP contribution in [0.15, 0.2) is 83.2 Å². The van der Waals surface area contributed by atoms with Crippen LogP contribution in [0.5, 0.6) is 23.0 Å². The summed E-state index contributed by atoms with van der Waals surface area (Å²) >= 11 is 6.93. The van der Waals surface area contributed by atoms with E-state index in [2.05, 4.69) is 33.0 Å². The standard InChI is InChI=1S/C39H42ClNO6/c1-38(2)17-27-35(29(42)19-38)34(36-28(41-27)18-39(3,4)20-30(36)43)25-15-26(40)37(33(16-25)45-6)47-22-24-12-13-31(32(14-24)44-5)46-21-23-10-8-7-9-11-23/h7-16,34,41H,17-22H2,1-6H3. The Morgan fingerprint density at radius 3 is 1.89 bits per heavy atom. The zero-order valence-electron chi connectivity index (χ0n) is 27.9. The number of carbonyl (C=O) groups is 2. The van der Waals surface area contributed by atoms with Crippen molar-refractivity contribution < 1.29 is 28.5 Å². The summed E-state index contributed by atoms with van der Waals surface area (Å²) in [6.07, 6.45) is 2.28. The number of halogens is 1. The van der Waals surface area contributed by atoms with Crippen LogP contribution >= 0.6 is 11.6 Å². The Morgan fingerprint density at radius 2 is 1.30 bits per heavy atom. The van der Waals surface area contributed by atoms with Gasteiger partial charge in [-0.1, -0.05) is 75.7 Å². The number of rotatable bonds is 9. The molecule has 246 valence electrons. The molecule has 0 bridgehead atoms. The summed E-state index contributed by atoms with van der Waals surface area (Å²) in [5.74, 6) is 1.61. The maximum absolute atomic E-state index is 13.8.